The zero-order valence-electron chi connectivity index (χ0n) is 10.2. The van der Waals surface area contributed by atoms with E-state index in [1.165, 1.54) is 24.1 Å². The minimum Gasteiger partial charge on any atom is -0.385 e. The average molecular weight is 205 g/mol. The molecular formula is C14H23N. The van der Waals surface area contributed by atoms with Gasteiger partial charge in [-0.3, -0.25) is 0 Å². The van der Waals surface area contributed by atoms with Gasteiger partial charge in [0.25, 0.3) is 0 Å². The topological polar surface area (TPSA) is 12.0 Å². The molecule has 1 N–H and O–H groups in total. The lowest BCUT2D eigenvalue weighted by Gasteiger charge is -2.14. The molecule has 0 saturated heterocycles. The van der Waals surface area contributed by atoms with Crippen molar-refractivity contribution in [2.24, 2.45) is 5.92 Å². The van der Waals surface area contributed by atoms with Crippen LogP contribution in [0.15, 0.2) is 24.3 Å². The van der Waals surface area contributed by atoms with E-state index in [1.807, 2.05) is 0 Å². The van der Waals surface area contributed by atoms with Gasteiger partial charge in [-0.1, -0.05) is 45.7 Å². The summed E-state index contributed by atoms with van der Waals surface area (Å²) in [7, 11) is 0. The Morgan fingerprint density at radius 3 is 2.07 bits per heavy atom. The zero-order chi connectivity index (χ0) is 11.1. The maximum absolute atomic E-state index is 3.50. The molecule has 0 amide bonds. The third kappa shape index (κ3) is 3.94. The smallest absolute Gasteiger partial charge is 0.0340 e. The second-order valence-corrected chi connectivity index (χ2v) is 4.11. The summed E-state index contributed by atoms with van der Waals surface area (Å²) >= 11 is 0. The standard InChI is InChI=1S/C14H23N/c1-4-12(5-2)11-15-14-9-7-13(6-3)8-10-14/h7-10,12,15H,4-6,11H2,1-3H3. The molecule has 15 heavy (non-hydrogen) atoms. The molecule has 0 aromatic heterocycles. The molecule has 1 aromatic rings. The third-order valence-corrected chi connectivity index (χ3v) is 3.11. The molecule has 0 atom stereocenters. The summed E-state index contributed by atoms with van der Waals surface area (Å²) in [5.41, 5.74) is 2.65. The summed E-state index contributed by atoms with van der Waals surface area (Å²) < 4.78 is 0. The number of benzene rings is 1. The number of nitrogens with one attached hydrogen (secondary N) is 1. The Balaban J connectivity index is 2.43. The van der Waals surface area contributed by atoms with Gasteiger partial charge in [-0.15, -0.1) is 0 Å². The van der Waals surface area contributed by atoms with Crippen LogP contribution < -0.4 is 5.32 Å². The van der Waals surface area contributed by atoms with Crippen molar-refractivity contribution < 1.29 is 0 Å². The SMILES string of the molecule is CCc1ccc(NCC(CC)CC)cc1. The fourth-order valence-electron chi connectivity index (χ4n) is 1.70. The Labute approximate surface area is 93.9 Å². The fraction of sp³-hybridized carbons (Fsp3) is 0.571. The molecule has 0 heterocycles. The molecule has 1 heteroatoms. The first kappa shape index (κ1) is 12.1. The third-order valence-electron chi connectivity index (χ3n) is 3.11. The van der Waals surface area contributed by atoms with Crippen LogP contribution in [0.3, 0.4) is 0 Å². The van der Waals surface area contributed by atoms with E-state index in [9.17, 15) is 0 Å². The van der Waals surface area contributed by atoms with Gasteiger partial charge in [0.1, 0.15) is 0 Å². The van der Waals surface area contributed by atoms with E-state index in [0.29, 0.717) is 0 Å². The molecule has 0 aliphatic rings. The predicted molar refractivity (Wildman–Crippen MR) is 68.4 cm³/mol. The molecule has 0 spiro atoms. The Morgan fingerprint density at radius 1 is 1.00 bits per heavy atom. The minimum absolute atomic E-state index is 0.802. The fourth-order valence-corrected chi connectivity index (χ4v) is 1.70. The lowest BCUT2D eigenvalue weighted by molar-refractivity contribution is 0.519. The van der Waals surface area contributed by atoms with Crippen molar-refractivity contribution in [1.29, 1.82) is 0 Å². The highest BCUT2D eigenvalue weighted by Crippen LogP contribution is 2.13. The molecule has 0 bridgehead atoms. The zero-order valence-corrected chi connectivity index (χ0v) is 10.2. The first-order valence-electron chi connectivity index (χ1n) is 6.12. The minimum atomic E-state index is 0.802. The lowest BCUT2D eigenvalue weighted by atomic mass is 10.0. The van der Waals surface area contributed by atoms with Crippen molar-refractivity contribution in [1.82, 2.24) is 0 Å². The van der Waals surface area contributed by atoms with Crippen molar-refractivity contribution in [3.63, 3.8) is 0 Å². The second-order valence-electron chi connectivity index (χ2n) is 4.11. The van der Waals surface area contributed by atoms with Crippen molar-refractivity contribution in [3.8, 4) is 0 Å². The monoisotopic (exact) mass is 205 g/mol. The van der Waals surface area contributed by atoms with Crippen LogP contribution in [0.1, 0.15) is 39.2 Å². The van der Waals surface area contributed by atoms with Crippen LogP contribution >= 0.6 is 0 Å². The van der Waals surface area contributed by atoms with Crippen LogP contribution in [-0.2, 0) is 6.42 Å². The van der Waals surface area contributed by atoms with E-state index in [0.717, 1.165) is 18.9 Å². The second kappa shape index (κ2) is 6.49. The molecule has 0 radical (unpaired) electrons. The van der Waals surface area contributed by atoms with E-state index in [1.54, 1.807) is 0 Å². The summed E-state index contributed by atoms with van der Waals surface area (Å²) in [5, 5.41) is 3.50. The first-order chi connectivity index (χ1) is 7.30. The Bertz CT molecular complexity index is 259. The normalized spacial score (nSPS) is 10.7. The largest absolute Gasteiger partial charge is 0.385 e. The maximum atomic E-state index is 3.50. The van der Waals surface area contributed by atoms with E-state index >= 15 is 0 Å². The molecule has 0 saturated carbocycles. The van der Waals surface area contributed by atoms with Gasteiger partial charge in [0.2, 0.25) is 0 Å². The van der Waals surface area contributed by atoms with Crippen molar-refractivity contribution >= 4 is 5.69 Å². The summed E-state index contributed by atoms with van der Waals surface area (Å²) in [5.74, 6) is 0.802. The molecule has 0 aliphatic carbocycles. The van der Waals surface area contributed by atoms with Crippen LogP contribution in [0.5, 0.6) is 0 Å². The molecule has 1 nitrogen and oxygen atoms in total. The van der Waals surface area contributed by atoms with Crippen LogP contribution in [0, 0.1) is 5.92 Å². The lowest BCUT2D eigenvalue weighted by Crippen LogP contribution is -2.12. The van der Waals surface area contributed by atoms with E-state index < -0.39 is 0 Å². The Kier molecular flexibility index (Phi) is 5.23. The molecule has 0 aliphatic heterocycles. The molecular weight excluding hydrogens is 182 g/mol. The molecule has 1 rings (SSSR count). The van der Waals surface area contributed by atoms with Gasteiger partial charge in [0.05, 0.1) is 0 Å². The highest BCUT2D eigenvalue weighted by atomic mass is 14.9. The van der Waals surface area contributed by atoms with Crippen LogP contribution in [0.25, 0.3) is 0 Å². The van der Waals surface area contributed by atoms with Gasteiger partial charge >= 0.3 is 0 Å². The van der Waals surface area contributed by atoms with Crippen LogP contribution in [0.2, 0.25) is 0 Å². The molecule has 0 unspecified atom stereocenters. The number of hydrogen-bond acceptors (Lipinski definition) is 1. The van der Waals surface area contributed by atoms with E-state index in [-0.39, 0.29) is 0 Å². The van der Waals surface area contributed by atoms with Crippen LogP contribution in [-0.4, -0.2) is 6.54 Å². The van der Waals surface area contributed by atoms with Gasteiger partial charge in [0, 0.05) is 12.2 Å². The van der Waals surface area contributed by atoms with Crippen molar-refractivity contribution in [2.45, 2.75) is 40.0 Å². The summed E-state index contributed by atoms with van der Waals surface area (Å²) in [6.45, 7) is 7.80. The summed E-state index contributed by atoms with van der Waals surface area (Å²) in [4.78, 5) is 0. The molecule has 84 valence electrons. The first-order valence-corrected chi connectivity index (χ1v) is 6.12. The van der Waals surface area contributed by atoms with Gasteiger partial charge < -0.3 is 5.32 Å². The van der Waals surface area contributed by atoms with E-state index in [2.05, 4.69) is 50.4 Å². The average Bonchev–Trinajstić information content (AvgIpc) is 2.31. The van der Waals surface area contributed by atoms with Gasteiger partial charge in [-0.05, 0) is 30.0 Å². The Hall–Kier alpha value is -0.980. The predicted octanol–water partition coefficient (Wildman–Crippen LogP) is 4.10. The highest BCUT2D eigenvalue weighted by molar-refractivity contribution is 5.44. The quantitative estimate of drug-likeness (QED) is 0.737. The van der Waals surface area contributed by atoms with Gasteiger partial charge in [-0.25, -0.2) is 0 Å². The summed E-state index contributed by atoms with van der Waals surface area (Å²) in [6.07, 6.45) is 3.64. The van der Waals surface area contributed by atoms with E-state index in [4.69, 9.17) is 0 Å². The van der Waals surface area contributed by atoms with Gasteiger partial charge in [0.15, 0.2) is 0 Å². The molecule has 1 aromatic carbocycles. The number of rotatable bonds is 6. The maximum Gasteiger partial charge on any atom is 0.0340 e. The van der Waals surface area contributed by atoms with Crippen LogP contribution in [0.4, 0.5) is 5.69 Å². The van der Waals surface area contributed by atoms with Gasteiger partial charge in [-0.2, -0.15) is 0 Å². The number of anilines is 1. The highest BCUT2D eigenvalue weighted by Gasteiger charge is 2.02. The number of hydrogen-bond donors (Lipinski definition) is 1. The molecule has 0 fully saturated rings. The van der Waals surface area contributed by atoms with Crippen molar-refractivity contribution in [3.05, 3.63) is 29.8 Å². The van der Waals surface area contributed by atoms with Crippen molar-refractivity contribution in [2.75, 3.05) is 11.9 Å². The Morgan fingerprint density at radius 2 is 1.60 bits per heavy atom. The summed E-state index contributed by atoms with van der Waals surface area (Å²) in [6, 6.07) is 8.77. The number of aryl methyl sites for hydroxylation is 1.